The normalized spacial score (nSPS) is 11.3. The van der Waals surface area contributed by atoms with E-state index in [9.17, 15) is 4.39 Å². The van der Waals surface area contributed by atoms with Gasteiger partial charge in [0.05, 0.1) is 0 Å². The Morgan fingerprint density at radius 2 is 1.68 bits per heavy atom. The molecule has 0 amide bonds. The Hall–Kier alpha value is -0.540. The third kappa shape index (κ3) is 6.44. The van der Waals surface area contributed by atoms with Gasteiger partial charge in [-0.1, -0.05) is 27.7 Å². The lowest BCUT2D eigenvalue weighted by molar-refractivity contribution is 0.535. The molecule has 0 aliphatic heterocycles. The van der Waals surface area contributed by atoms with Crippen molar-refractivity contribution in [2.75, 3.05) is 0 Å². The molecule has 0 radical (unpaired) electrons. The summed E-state index contributed by atoms with van der Waals surface area (Å²) in [4.78, 5) is 1.10. The third-order valence-electron chi connectivity index (χ3n) is 2.38. The van der Waals surface area contributed by atoms with Gasteiger partial charge in [-0.3, -0.25) is 4.72 Å². The number of aryl methyl sites for hydroxylation is 1. The van der Waals surface area contributed by atoms with E-state index in [2.05, 4.69) is 25.5 Å². The van der Waals surface area contributed by atoms with Gasteiger partial charge in [0.25, 0.3) is 0 Å². The first-order chi connectivity index (χ1) is 8.70. The van der Waals surface area contributed by atoms with Gasteiger partial charge in [0.1, 0.15) is 5.82 Å². The van der Waals surface area contributed by atoms with Gasteiger partial charge in [-0.2, -0.15) is 0 Å². The van der Waals surface area contributed by atoms with Crippen LogP contribution in [0.25, 0.3) is 0 Å². The monoisotopic (exact) mass is 285 g/mol. The van der Waals surface area contributed by atoms with E-state index in [1.54, 1.807) is 18.0 Å². The van der Waals surface area contributed by atoms with Crippen LogP contribution >= 0.6 is 11.9 Å². The molecule has 0 saturated carbocycles. The van der Waals surface area contributed by atoms with Gasteiger partial charge in [-0.15, -0.1) is 0 Å². The summed E-state index contributed by atoms with van der Waals surface area (Å²) in [5.41, 5.74) is 1.81. The van der Waals surface area contributed by atoms with E-state index >= 15 is 0 Å². The number of hydrogen-bond donors (Lipinski definition) is 1. The minimum Gasteiger partial charge on any atom is -0.255 e. The Balaban J connectivity index is 0.00000154. The molecule has 1 rings (SSSR count). The number of nitrogens with one attached hydrogen (secondary N) is 1. The van der Waals surface area contributed by atoms with Crippen LogP contribution in [-0.2, 0) is 0 Å². The summed E-state index contributed by atoms with van der Waals surface area (Å²) in [6, 6.07) is 3.58. The smallest absolute Gasteiger partial charge is 0.127 e. The molecule has 0 aliphatic carbocycles. The Kier molecular flexibility index (Phi) is 7.68. The van der Waals surface area contributed by atoms with Crippen molar-refractivity contribution in [3.8, 4) is 0 Å². The molecule has 3 heteroatoms. The Labute approximate surface area is 122 Å². The topological polar surface area (TPSA) is 12.0 Å². The molecular formula is C16H28FNS. The fourth-order valence-electron chi connectivity index (χ4n) is 1.43. The fraction of sp³-hybridized carbons (Fsp3) is 0.625. The molecule has 0 bridgehead atoms. The molecule has 1 aromatic rings. The van der Waals surface area contributed by atoms with Crippen LogP contribution < -0.4 is 4.72 Å². The summed E-state index contributed by atoms with van der Waals surface area (Å²) in [7, 11) is 0. The highest BCUT2D eigenvalue weighted by atomic mass is 32.2. The maximum Gasteiger partial charge on any atom is 0.127 e. The Morgan fingerprint density at radius 3 is 2.11 bits per heavy atom. The number of rotatable bonds is 3. The molecule has 0 unspecified atom stereocenters. The van der Waals surface area contributed by atoms with Crippen molar-refractivity contribution in [2.45, 2.75) is 71.7 Å². The van der Waals surface area contributed by atoms with Gasteiger partial charge in [-0.05, 0) is 68.8 Å². The molecule has 110 valence electrons. The second-order valence-corrected chi connectivity index (χ2v) is 6.60. The maximum atomic E-state index is 13.7. The van der Waals surface area contributed by atoms with Crippen LogP contribution in [0.1, 0.15) is 65.5 Å². The van der Waals surface area contributed by atoms with E-state index in [-0.39, 0.29) is 17.3 Å². The first kappa shape index (κ1) is 18.5. The van der Waals surface area contributed by atoms with Crippen molar-refractivity contribution in [2.24, 2.45) is 0 Å². The van der Waals surface area contributed by atoms with Gasteiger partial charge >= 0.3 is 0 Å². The quantitative estimate of drug-likeness (QED) is 0.717. The average molecular weight is 285 g/mol. The van der Waals surface area contributed by atoms with E-state index < -0.39 is 0 Å². The molecular weight excluding hydrogens is 257 g/mol. The standard InChI is InChI=1S/C14H22FNS.C2H6/c1-9(2)11-8-13(10(3)7-12(11)15)17-16-14(4,5)6;1-2/h7-9,16H,1-6H3;1-2H3. The van der Waals surface area contributed by atoms with Gasteiger partial charge in [0.2, 0.25) is 0 Å². The highest BCUT2D eigenvalue weighted by molar-refractivity contribution is 7.97. The second kappa shape index (κ2) is 7.91. The van der Waals surface area contributed by atoms with Crippen molar-refractivity contribution in [3.05, 3.63) is 29.1 Å². The van der Waals surface area contributed by atoms with Crippen LogP contribution in [-0.4, -0.2) is 5.54 Å². The molecule has 0 saturated heterocycles. The highest BCUT2D eigenvalue weighted by Gasteiger charge is 2.14. The zero-order chi connectivity index (χ0) is 15.2. The van der Waals surface area contributed by atoms with Gasteiger partial charge in [0, 0.05) is 10.4 Å². The Morgan fingerprint density at radius 1 is 1.16 bits per heavy atom. The molecule has 0 aliphatic rings. The summed E-state index contributed by atoms with van der Waals surface area (Å²) in [6.45, 7) is 16.3. The first-order valence-corrected chi connectivity index (χ1v) is 7.76. The molecule has 0 heterocycles. The summed E-state index contributed by atoms with van der Waals surface area (Å²) >= 11 is 1.58. The van der Waals surface area contributed by atoms with Crippen LogP contribution in [0.15, 0.2) is 17.0 Å². The van der Waals surface area contributed by atoms with E-state index in [0.29, 0.717) is 0 Å². The number of halogens is 1. The van der Waals surface area contributed by atoms with Gasteiger partial charge in [0.15, 0.2) is 0 Å². The highest BCUT2D eigenvalue weighted by Crippen LogP contribution is 2.28. The van der Waals surface area contributed by atoms with Crippen molar-refractivity contribution in [1.82, 2.24) is 4.72 Å². The van der Waals surface area contributed by atoms with Gasteiger partial charge < -0.3 is 0 Å². The van der Waals surface area contributed by atoms with E-state index in [4.69, 9.17) is 0 Å². The summed E-state index contributed by atoms with van der Waals surface area (Å²) in [6.07, 6.45) is 0. The molecule has 1 nitrogen and oxygen atoms in total. The van der Waals surface area contributed by atoms with Crippen molar-refractivity contribution in [1.29, 1.82) is 0 Å². The molecule has 0 fully saturated rings. The molecule has 19 heavy (non-hydrogen) atoms. The Bertz CT molecular complexity index is 394. The fourth-order valence-corrected chi connectivity index (χ4v) is 2.25. The van der Waals surface area contributed by atoms with Crippen LogP contribution in [0, 0.1) is 12.7 Å². The lowest BCUT2D eigenvalue weighted by atomic mass is 10.0. The average Bonchev–Trinajstić information content (AvgIpc) is 2.28. The zero-order valence-corrected chi connectivity index (χ0v) is 14.3. The van der Waals surface area contributed by atoms with E-state index in [1.165, 1.54) is 0 Å². The lowest BCUT2D eigenvalue weighted by Crippen LogP contribution is -2.29. The summed E-state index contributed by atoms with van der Waals surface area (Å²) in [5, 5.41) is 0. The van der Waals surface area contributed by atoms with Crippen molar-refractivity contribution < 1.29 is 4.39 Å². The molecule has 0 atom stereocenters. The van der Waals surface area contributed by atoms with Crippen molar-refractivity contribution >= 4 is 11.9 Å². The minimum atomic E-state index is -0.0994. The second-order valence-electron chi connectivity index (χ2n) is 5.75. The van der Waals surface area contributed by atoms with Crippen LogP contribution in [0.5, 0.6) is 0 Å². The zero-order valence-electron chi connectivity index (χ0n) is 13.5. The predicted molar refractivity (Wildman–Crippen MR) is 85.3 cm³/mol. The van der Waals surface area contributed by atoms with Crippen molar-refractivity contribution in [3.63, 3.8) is 0 Å². The number of benzene rings is 1. The van der Waals surface area contributed by atoms with Crippen LogP contribution in [0.4, 0.5) is 4.39 Å². The molecule has 1 N–H and O–H groups in total. The van der Waals surface area contributed by atoms with Crippen LogP contribution in [0.3, 0.4) is 0 Å². The van der Waals surface area contributed by atoms with E-state index in [1.807, 2.05) is 40.7 Å². The van der Waals surface area contributed by atoms with Gasteiger partial charge in [-0.25, -0.2) is 4.39 Å². The van der Waals surface area contributed by atoms with E-state index in [0.717, 1.165) is 16.0 Å². The summed E-state index contributed by atoms with van der Waals surface area (Å²) < 4.78 is 17.1. The predicted octanol–water partition coefficient (Wildman–Crippen LogP) is 5.68. The molecule has 0 spiro atoms. The maximum absolute atomic E-state index is 13.7. The minimum absolute atomic E-state index is 0.0451. The SMILES string of the molecule is CC.Cc1cc(F)c(C(C)C)cc1SNC(C)(C)C. The largest absolute Gasteiger partial charge is 0.255 e. The van der Waals surface area contributed by atoms with Crippen LogP contribution in [0.2, 0.25) is 0 Å². The first-order valence-electron chi connectivity index (χ1n) is 6.95. The third-order valence-corrected chi connectivity index (χ3v) is 3.76. The lowest BCUT2D eigenvalue weighted by Gasteiger charge is -2.21. The number of hydrogen-bond acceptors (Lipinski definition) is 2. The molecule has 1 aromatic carbocycles. The summed E-state index contributed by atoms with van der Waals surface area (Å²) in [5.74, 6) is 0.113. The molecule has 0 aromatic heterocycles.